The van der Waals surface area contributed by atoms with Crippen LogP contribution < -0.4 is 5.32 Å². The SMILES string of the molecule is CN1C(C)(C)CCNC1(C)C. The van der Waals surface area contributed by atoms with Gasteiger partial charge in [-0.15, -0.1) is 0 Å². The zero-order valence-electron chi connectivity index (χ0n) is 8.36. The molecule has 0 aromatic carbocycles. The Morgan fingerprint density at radius 2 is 1.73 bits per heavy atom. The molecule has 1 rings (SSSR count). The molecule has 1 aliphatic heterocycles. The number of nitrogens with zero attached hydrogens (tertiary/aromatic N) is 1. The Hall–Kier alpha value is -0.0800. The summed E-state index contributed by atoms with van der Waals surface area (Å²) < 4.78 is 0. The largest absolute Gasteiger partial charge is 0.300 e. The van der Waals surface area contributed by atoms with Crippen molar-refractivity contribution in [1.29, 1.82) is 0 Å². The van der Waals surface area contributed by atoms with Crippen molar-refractivity contribution in [2.24, 2.45) is 0 Å². The topological polar surface area (TPSA) is 15.3 Å². The van der Waals surface area contributed by atoms with Gasteiger partial charge in [-0.2, -0.15) is 0 Å². The highest BCUT2D eigenvalue weighted by atomic mass is 15.4. The molecule has 1 aliphatic rings. The van der Waals surface area contributed by atoms with E-state index in [0.29, 0.717) is 5.54 Å². The maximum atomic E-state index is 3.49. The van der Waals surface area contributed by atoms with Gasteiger partial charge >= 0.3 is 0 Å². The second-order valence-electron chi connectivity index (χ2n) is 4.61. The van der Waals surface area contributed by atoms with Crippen molar-refractivity contribution in [3.63, 3.8) is 0 Å². The lowest BCUT2D eigenvalue weighted by Crippen LogP contribution is -2.65. The van der Waals surface area contributed by atoms with Crippen molar-refractivity contribution in [2.45, 2.75) is 45.3 Å². The molecule has 0 atom stereocenters. The van der Waals surface area contributed by atoms with Crippen molar-refractivity contribution in [3.8, 4) is 0 Å². The number of nitrogens with one attached hydrogen (secondary N) is 1. The molecule has 0 amide bonds. The maximum absolute atomic E-state index is 3.49. The van der Waals surface area contributed by atoms with E-state index < -0.39 is 0 Å². The molecule has 0 aromatic rings. The predicted molar refractivity (Wildman–Crippen MR) is 48.5 cm³/mol. The van der Waals surface area contributed by atoms with E-state index in [1.165, 1.54) is 6.42 Å². The van der Waals surface area contributed by atoms with E-state index in [1.807, 2.05) is 0 Å². The fourth-order valence-corrected chi connectivity index (χ4v) is 1.72. The molecule has 0 aromatic heterocycles. The summed E-state index contributed by atoms with van der Waals surface area (Å²) in [7, 11) is 2.19. The lowest BCUT2D eigenvalue weighted by molar-refractivity contribution is -0.0159. The third-order valence-corrected chi connectivity index (χ3v) is 3.04. The van der Waals surface area contributed by atoms with Gasteiger partial charge in [0.15, 0.2) is 0 Å². The van der Waals surface area contributed by atoms with E-state index in [2.05, 4.69) is 45.0 Å². The van der Waals surface area contributed by atoms with Crippen LogP contribution in [-0.2, 0) is 0 Å². The zero-order valence-corrected chi connectivity index (χ0v) is 8.36. The third kappa shape index (κ3) is 1.57. The maximum Gasteiger partial charge on any atom is 0.0656 e. The lowest BCUT2D eigenvalue weighted by Gasteiger charge is -2.51. The van der Waals surface area contributed by atoms with E-state index in [0.717, 1.165) is 6.54 Å². The first-order chi connectivity index (χ1) is 4.86. The van der Waals surface area contributed by atoms with Crippen LogP contribution >= 0.6 is 0 Å². The molecule has 2 heteroatoms. The molecule has 1 fully saturated rings. The summed E-state index contributed by atoms with van der Waals surface area (Å²) in [6.07, 6.45) is 1.23. The molecule has 0 bridgehead atoms. The summed E-state index contributed by atoms with van der Waals surface area (Å²) >= 11 is 0. The van der Waals surface area contributed by atoms with Gasteiger partial charge in [0.2, 0.25) is 0 Å². The summed E-state index contributed by atoms with van der Waals surface area (Å²) in [5, 5.41) is 3.49. The molecule has 1 heterocycles. The molecule has 11 heavy (non-hydrogen) atoms. The normalized spacial score (nSPS) is 30.3. The Balaban J connectivity index is 2.76. The van der Waals surface area contributed by atoms with Crippen molar-refractivity contribution in [1.82, 2.24) is 10.2 Å². The van der Waals surface area contributed by atoms with Crippen LogP contribution in [0.15, 0.2) is 0 Å². The molecule has 0 unspecified atom stereocenters. The van der Waals surface area contributed by atoms with Gasteiger partial charge in [-0.3, -0.25) is 10.2 Å². The van der Waals surface area contributed by atoms with Crippen LogP contribution in [0.5, 0.6) is 0 Å². The van der Waals surface area contributed by atoms with E-state index in [4.69, 9.17) is 0 Å². The minimum atomic E-state index is 0.155. The molecule has 66 valence electrons. The first kappa shape index (κ1) is 9.01. The molecule has 1 N–H and O–H groups in total. The highest BCUT2D eigenvalue weighted by Gasteiger charge is 2.37. The average molecular weight is 156 g/mol. The molecule has 0 spiro atoms. The van der Waals surface area contributed by atoms with Crippen molar-refractivity contribution in [3.05, 3.63) is 0 Å². The highest BCUT2D eigenvalue weighted by molar-refractivity contribution is 4.93. The first-order valence-corrected chi connectivity index (χ1v) is 4.35. The average Bonchev–Trinajstić information content (AvgIpc) is 1.82. The van der Waals surface area contributed by atoms with Gasteiger partial charge in [0.25, 0.3) is 0 Å². The predicted octanol–water partition coefficient (Wildman–Crippen LogP) is 1.43. The van der Waals surface area contributed by atoms with Gasteiger partial charge in [-0.1, -0.05) is 0 Å². The van der Waals surface area contributed by atoms with Crippen LogP contribution in [0.4, 0.5) is 0 Å². The Morgan fingerprint density at radius 1 is 1.18 bits per heavy atom. The van der Waals surface area contributed by atoms with Gasteiger partial charge in [0.05, 0.1) is 5.66 Å². The second-order valence-corrected chi connectivity index (χ2v) is 4.61. The Bertz CT molecular complexity index is 134. The van der Waals surface area contributed by atoms with Crippen molar-refractivity contribution >= 4 is 0 Å². The van der Waals surface area contributed by atoms with Crippen molar-refractivity contribution < 1.29 is 0 Å². The Labute approximate surface area is 70.0 Å². The summed E-state index contributed by atoms with van der Waals surface area (Å²) in [4.78, 5) is 2.41. The third-order valence-electron chi connectivity index (χ3n) is 3.04. The molecule has 0 aliphatic carbocycles. The van der Waals surface area contributed by atoms with Crippen LogP contribution in [0.2, 0.25) is 0 Å². The van der Waals surface area contributed by atoms with Crippen LogP contribution in [-0.4, -0.2) is 29.7 Å². The number of hydrogen-bond donors (Lipinski definition) is 1. The van der Waals surface area contributed by atoms with Crippen LogP contribution in [0.1, 0.15) is 34.1 Å². The smallest absolute Gasteiger partial charge is 0.0656 e. The van der Waals surface area contributed by atoms with Crippen molar-refractivity contribution in [2.75, 3.05) is 13.6 Å². The molecular weight excluding hydrogens is 136 g/mol. The van der Waals surface area contributed by atoms with E-state index in [-0.39, 0.29) is 5.66 Å². The first-order valence-electron chi connectivity index (χ1n) is 4.35. The van der Waals surface area contributed by atoms with E-state index in [9.17, 15) is 0 Å². The van der Waals surface area contributed by atoms with E-state index >= 15 is 0 Å². The van der Waals surface area contributed by atoms with Gasteiger partial charge in [0.1, 0.15) is 0 Å². The number of rotatable bonds is 0. The minimum Gasteiger partial charge on any atom is -0.300 e. The van der Waals surface area contributed by atoms with Crippen LogP contribution in [0.25, 0.3) is 0 Å². The summed E-state index contributed by atoms with van der Waals surface area (Å²) in [5.41, 5.74) is 0.497. The highest BCUT2D eigenvalue weighted by Crippen LogP contribution is 2.27. The van der Waals surface area contributed by atoms with Gasteiger partial charge in [0, 0.05) is 5.54 Å². The van der Waals surface area contributed by atoms with Crippen LogP contribution in [0, 0.1) is 0 Å². The molecule has 2 nitrogen and oxygen atoms in total. The Morgan fingerprint density at radius 3 is 2.09 bits per heavy atom. The quantitative estimate of drug-likeness (QED) is 0.570. The second kappa shape index (κ2) is 2.46. The fourth-order valence-electron chi connectivity index (χ4n) is 1.72. The monoisotopic (exact) mass is 156 g/mol. The lowest BCUT2D eigenvalue weighted by atomic mass is 9.92. The van der Waals surface area contributed by atoms with E-state index in [1.54, 1.807) is 0 Å². The summed E-state index contributed by atoms with van der Waals surface area (Å²) in [5.74, 6) is 0. The number of hydrogen-bond acceptors (Lipinski definition) is 2. The Kier molecular flexibility index (Phi) is 2.01. The summed E-state index contributed by atoms with van der Waals surface area (Å²) in [6, 6.07) is 0. The van der Waals surface area contributed by atoms with Gasteiger partial charge in [-0.25, -0.2) is 0 Å². The molecule has 0 radical (unpaired) electrons. The molecular formula is C9H20N2. The van der Waals surface area contributed by atoms with Gasteiger partial charge in [-0.05, 0) is 47.7 Å². The molecule has 1 saturated heterocycles. The molecule has 0 saturated carbocycles. The minimum absolute atomic E-state index is 0.155. The standard InChI is InChI=1S/C9H20N2/c1-8(2)6-7-10-9(3,4)11(8)5/h10H,6-7H2,1-5H3. The fraction of sp³-hybridized carbons (Fsp3) is 1.00. The van der Waals surface area contributed by atoms with Gasteiger partial charge < -0.3 is 0 Å². The summed E-state index contributed by atoms with van der Waals surface area (Å²) in [6.45, 7) is 10.2. The zero-order chi connectivity index (χ0) is 8.70. The van der Waals surface area contributed by atoms with Crippen LogP contribution in [0.3, 0.4) is 0 Å².